The van der Waals surface area contributed by atoms with Crippen molar-refractivity contribution in [2.24, 2.45) is 0 Å². The van der Waals surface area contributed by atoms with Crippen molar-refractivity contribution < 1.29 is 33.3 Å². The Morgan fingerprint density at radius 1 is 0.820 bits per heavy atom. The van der Waals surface area contributed by atoms with Crippen molar-refractivity contribution in [2.45, 2.75) is 50.3 Å². The fourth-order valence-corrected chi connectivity index (χ4v) is 7.06. The number of methoxy groups -OCH3 is 1. The predicted molar refractivity (Wildman–Crippen MR) is 198 cm³/mol. The van der Waals surface area contributed by atoms with Gasteiger partial charge in [-0.2, -0.15) is 0 Å². The van der Waals surface area contributed by atoms with Crippen LogP contribution >= 0.6 is 31.9 Å². The fraction of sp³-hybridized carbons (Fsp3) is 0.275. The highest BCUT2D eigenvalue weighted by Gasteiger charge is 2.39. The number of benzene rings is 4. The smallest absolute Gasteiger partial charge is 0.338 e. The molecule has 0 bridgehead atoms. The van der Waals surface area contributed by atoms with Crippen LogP contribution in [0.3, 0.4) is 0 Å². The van der Waals surface area contributed by atoms with Crippen molar-refractivity contribution in [1.82, 2.24) is 4.90 Å². The first-order valence-electron chi connectivity index (χ1n) is 16.6. The first kappa shape index (κ1) is 35.6. The topological polar surface area (TPSA) is 91.4 Å². The molecular formula is C40H37Br2NO7. The van der Waals surface area contributed by atoms with Crippen LogP contribution in [0.4, 0.5) is 0 Å². The SMILES string of the molecule is COc1ccc([C@@H]2C[C@@H](OC(=O)c3ccc(Br)cc3)C[C@H]3CCCCN32)cc1OC(=O)/C=C/c1ccc(OCC(=O)c2ccc(Br)cc2)cc1. The molecule has 0 spiro atoms. The molecule has 0 N–H and O–H groups in total. The van der Waals surface area contributed by atoms with Gasteiger partial charge in [0.15, 0.2) is 23.9 Å². The molecule has 0 aliphatic carbocycles. The maximum Gasteiger partial charge on any atom is 0.338 e. The molecule has 10 heteroatoms. The van der Waals surface area contributed by atoms with Gasteiger partial charge in [0.05, 0.1) is 12.7 Å². The summed E-state index contributed by atoms with van der Waals surface area (Å²) in [6.07, 6.45) is 7.49. The van der Waals surface area contributed by atoms with E-state index in [1.165, 1.54) is 13.2 Å². The minimum Gasteiger partial charge on any atom is -0.493 e. The minimum atomic E-state index is -0.554. The highest BCUT2D eigenvalue weighted by Crippen LogP contribution is 2.42. The molecule has 2 aliphatic rings. The predicted octanol–water partition coefficient (Wildman–Crippen LogP) is 9.02. The Kier molecular flexibility index (Phi) is 11.8. The van der Waals surface area contributed by atoms with Gasteiger partial charge >= 0.3 is 11.9 Å². The molecule has 0 radical (unpaired) electrons. The summed E-state index contributed by atoms with van der Waals surface area (Å²) in [5, 5.41) is 0. The number of hydrogen-bond donors (Lipinski definition) is 0. The summed E-state index contributed by atoms with van der Waals surface area (Å²) < 4.78 is 24.9. The quantitative estimate of drug-likeness (QED) is 0.0643. The van der Waals surface area contributed by atoms with E-state index < -0.39 is 5.97 Å². The number of halogens is 2. The largest absolute Gasteiger partial charge is 0.493 e. The molecule has 0 unspecified atom stereocenters. The molecule has 2 aliphatic heterocycles. The normalized spacial score (nSPS) is 19.0. The molecule has 6 rings (SSSR count). The van der Waals surface area contributed by atoms with Crippen LogP contribution < -0.4 is 14.2 Å². The Morgan fingerprint density at radius 2 is 1.52 bits per heavy atom. The second-order valence-corrected chi connectivity index (χ2v) is 14.2. The monoisotopic (exact) mass is 801 g/mol. The third kappa shape index (κ3) is 9.10. The van der Waals surface area contributed by atoms with Crippen LogP contribution in [0.15, 0.2) is 106 Å². The van der Waals surface area contributed by atoms with E-state index in [0.29, 0.717) is 40.8 Å². The van der Waals surface area contributed by atoms with Crippen LogP contribution in [0, 0.1) is 0 Å². The van der Waals surface area contributed by atoms with Crippen molar-refractivity contribution in [2.75, 3.05) is 20.3 Å². The maximum atomic E-state index is 13.0. The van der Waals surface area contributed by atoms with E-state index in [4.69, 9.17) is 18.9 Å². The first-order valence-corrected chi connectivity index (χ1v) is 18.2. The molecule has 8 nitrogen and oxygen atoms in total. The summed E-state index contributed by atoms with van der Waals surface area (Å²) >= 11 is 6.78. The Hall–Kier alpha value is -4.25. The van der Waals surface area contributed by atoms with Gasteiger partial charge in [-0.3, -0.25) is 9.69 Å². The third-order valence-electron chi connectivity index (χ3n) is 9.06. The van der Waals surface area contributed by atoms with Crippen LogP contribution in [0.2, 0.25) is 0 Å². The van der Waals surface area contributed by atoms with Gasteiger partial charge in [0.25, 0.3) is 0 Å². The number of ketones is 1. The Labute approximate surface area is 308 Å². The average Bonchev–Trinajstić information content (AvgIpc) is 3.13. The molecule has 4 aromatic carbocycles. The van der Waals surface area contributed by atoms with E-state index >= 15 is 0 Å². The zero-order valence-corrected chi connectivity index (χ0v) is 30.7. The fourth-order valence-electron chi connectivity index (χ4n) is 6.53. The number of fused-ring (bicyclic) bond motifs is 1. The summed E-state index contributed by atoms with van der Waals surface area (Å²) in [5.41, 5.74) is 2.83. The van der Waals surface area contributed by atoms with Crippen molar-refractivity contribution in [3.63, 3.8) is 0 Å². The molecular weight excluding hydrogens is 766 g/mol. The van der Waals surface area contributed by atoms with Gasteiger partial charge < -0.3 is 18.9 Å². The molecule has 50 heavy (non-hydrogen) atoms. The van der Waals surface area contributed by atoms with E-state index in [2.05, 4.69) is 36.8 Å². The van der Waals surface area contributed by atoms with Gasteiger partial charge in [-0.15, -0.1) is 0 Å². The van der Waals surface area contributed by atoms with Gasteiger partial charge in [0.2, 0.25) is 0 Å². The standard InChI is InChI=1S/C40H37Br2NO7/c1-47-37-19-12-29(35-24-34(23-32-4-2-3-21-43(32)35)49-40(46)28-10-15-31(42)16-11-28)22-38(37)50-39(45)20-7-26-5-17-33(18-6-26)48-25-36(44)27-8-13-30(41)14-9-27/h5-20,22,32,34-35H,2-4,21,23-25H2,1H3/b20-7+/t32-,34+,35+/m1/s1. The van der Waals surface area contributed by atoms with Crippen molar-refractivity contribution in [1.29, 1.82) is 0 Å². The second-order valence-electron chi connectivity index (χ2n) is 12.4. The van der Waals surface area contributed by atoms with E-state index in [9.17, 15) is 14.4 Å². The average molecular weight is 804 g/mol. The number of carbonyl (C=O) groups excluding carboxylic acids is 3. The Balaban J connectivity index is 1.10. The molecule has 2 heterocycles. The summed E-state index contributed by atoms with van der Waals surface area (Å²) in [4.78, 5) is 40.9. The summed E-state index contributed by atoms with van der Waals surface area (Å²) in [7, 11) is 1.54. The lowest BCUT2D eigenvalue weighted by molar-refractivity contribution is -0.129. The zero-order valence-electron chi connectivity index (χ0n) is 27.6. The Morgan fingerprint density at radius 3 is 2.22 bits per heavy atom. The van der Waals surface area contributed by atoms with Gasteiger partial charge in [-0.25, -0.2) is 9.59 Å². The summed E-state index contributed by atoms with van der Waals surface area (Å²) in [6.45, 7) is 0.874. The number of ether oxygens (including phenoxy) is 4. The number of piperidine rings is 2. The van der Waals surface area contributed by atoms with Crippen LogP contribution in [-0.2, 0) is 9.53 Å². The van der Waals surface area contributed by atoms with Crippen LogP contribution in [0.1, 0.15) is 70.0 Å². The number of rotatable bonds is 11. The number of hydrogen-bond acceptors (Lipinski definition) is 8. The van der Waals surface area contributed by atoms with Gasteiger partial charge in [-0.05, 0) is 97.3 Å². The van der Waals surface area contributed by atoms with E-state index in [1.807, 2.05) is 42.5 Å². The summed E-state index contributed by atoms with van der Waals surface area (Å²) in [6, 6.07) is 27.4. The lowest BCUT2D eigenvalue weighted by Crippen LogP contribution is -2.49. The Bertz CT molecular complexity index is 1840. The molecule has 4 aromatic rings. The van der Waals surface area contributed by atoms with Crippen molar-refractivity contribution in [3.05, 3.63) is 128 Å². The molecule has 0 amide bonds. The number of esters is 2. The second kappa shape index (κ2) is 16.6. The molecule has 0 saturated carbocycles. The lowest BCUT2D eigenvalue weighted by Gasteiger charge is -2.47. The van der Waals surface area contributed by atoms with Crippen molar-refractivity contribution >= 4 is 55.7 Å². The highest BCUT2D eigenvalue weighted by atomic mass is 79.9. The molecule has 2 saturated heterocycles. The number of nitrogens with zero attached hydrogens (tertiary/aromatic N) is 1. The van der Waals surface area contributed by atoms with Crippen LogP contribution in [0.25, 0.3) is 6.08 Å². The van der Waals surface area contributed by atoms with Crippen molar-refractivity contribution in [3.8, 4) is 17.2 Å². The molecule has 3 atom stereocenters. The van der Waals surface area contributed by atoms with E-state index in [0.717, 1.165) is 52.3 Å². The highest BCUT2D eigenvalue weighted by molar-refractivity contribution is 9.10. The van der Waals surface area contributed by atoms with Gasteiger partial charge in [-0.1, -0.05) is 68.6 Å². The number of carbonyl (C=O) groups is 3. The van der Waals surface area contributed by atoms with E-state index in [-0.39, 0.29) is 30.5 Å². The minimum absolute atomic E-state index is 0.0124. The summed E-state index contributed by atoms with van der Waals surface area (Å²) in [5.74, 6) is 0.307. The molecule has 0 aromatic heterocycles. The van der Waals surface area contributed by atoms with Gasteiger partial charge in [0, 0.05) is 45.5 Å². The number of Topliss-reactive ketones (excluding diaryl/α,β-unsaturated/α-hetero) is 1. The van der Waals surface area contributed by atoms with Gasteiger partial charge in [0.1, 0.15) is 11.9 Å². The van der Waals surface area contributed by atoms with Crippen LogP contribution in [0.5, 0.6) is 17.2 Å². The lowest BCUT2D eigenvalue weighted by atomic mass is 9.84. The molecule has 2 fully saturated rings. The zero-order chi connectivity index (χ0) is 35.0. The van der Waals surface area contributed by atoms with E-state index in [1.54, 1.807) is 54.6 Å². The molecule has 258 valence electrons. The third-order valence-corrected chi connectivity index (χ3v) is 10.1. The first-order chi connectivity index (χ1) is 24.2. The van der Waals surface area contributed by atoms with Crippen LogP contribution in [-0.4, -0.2) is 55.0 Å². The maximum absolute atomic E-state index is 13.0.